The van der Waals surface area contributed by atoms with E-state index in [0.717, 1.165) is 31.9 Å². The second kappa shape index (κ2) is 8.75. The number of non-ortho nitro benzene ring substituents is 1. The van der Waals surface area contributed by atoms with Crippen LogP contribution in [0.5, 0.6) is 11.5 Å². The molecule has 0 bridgehead atoms. The summed E-state index contributed by atoms with van der Waals surface area (Å²) in [7, 11) is 2.15. The van der Waals surface area contributed by atoms with E-state index in [0.29, 0.717) is 23.1 Å². The molecule has 0 unspecified atom stereocenters. The molecule has 0 radical (unpaired) electrons. The van der Waals surface area contributed by atoms with Crippen LogP contribution in [0.25, 0.3) is 5.65 Å². The highest BCUT2D eigenvalue weighted by atomic mass is 16.6. The highest BCUT2D eigenvalue weighted by molar-refractivity contribution is 5.63. The molecule has 3 heterocycles. The van der Waals surface area contributed by atoms with Crippen LogP contribution in [0, 0.1) is 10.1 Å². The van der Waals surface area contributed by atoms with E-state index in [1.54, 1.807) is 35.0 Å². The number of benzene rings is 2. The predicted molar refractivity (Wildman–Crippen MR) is 126 cm³/mol. The van der Waals surface area contributed by atoms with Crippen LogP contribution in [-0.4, -0.2) is 57.6 Å². The smallest absolute Gasteiger partial charge is 0.273 e. The third-order valence-electron chi connectivity index (χ3n) is 5.57. The predicted octanol–water partition coefficient (Wildman–Crippen LogP) is 3.93. The number of piperazine rings is 1. The highest BCUT2D eigenvalue weighted by Gasteiger charge is 2.15. The van der Waals surface area contributed by atoms with E-state index >= 15 is 0 Å². The van der Waals surface area contributed by atoms with Crippen molar-refractivity contribution in [1.29, 1.82) is 0 Å². The molecule has 0 aliphatic carbocycles. The molecule has 1 saturated heterocycles. The number of hydrogen-bond donors (Lipinski definition) is 1. The molecular formula is C23H23N7O3. The number of anilines is 3. The first-order chi connectivity index (χ1) is 16.0. The quantitative estimate of drug-likeness (QED) is 0.352. The van der Waals surface area contributed by atoms with E-state index in [1.165, 1.54) is 17.8 Å². The van der Waals surface area contributed by atoms with Crippen LogP contribution in [0.1, 0.15) is 0 Å². The number of ether oxygens (including phenoxy) is 1. The number of nitrogens with zero attached hydrogens (tertiary/aromatic N) is 6. The third-order valence-corrected chi connectivity index (χ3v) is 5.57. The first-order valence-corrected chi connectivity index (χ1v) is 10.6. The molecule has 5 rings (SSSR count). The van der Waals surface area contributed by atoms with E-state index in [-0.39, 0.29) is 5.69 Å². The summed E-state index contributed by atoms with van der Waals surface area (Å²) in [6.07, 6.45) is 1.77. The molecular weight excluding hydrogens is 422 g/mol. The number of nitrogens with one attached hydrogen (secondary N) is 1. The Labute approximate surface area is 190 Å². The van der Waals surface area contributed by atoms with Crippen molar-refractivity contribution in [1.82, 2.24) is 19.5 Å². The average Bonchev–Trinajstić information content (AvgIpc) is 3.24. The van der Waals surface area contributed by atoms with Gasteiger partial charge in [0.15, 0.2) is 11.4 Å². The third kappa shape index (κ3) is 4.55. The van der Waals surface area contributed by atoms with Gasteiger partial charge in [-0.05, 0) is 49.5 Å². The fraction of sp³-hybridized carbons (Fsp3) is 0.217. The van der Waals surface area contributed by atoms with Crippen LogP contribution in [0.4, 0.5) is 23.0 Å². The molecule has 0 atom stereocenters. The van der Waals surface area contributed by atoms with Gasteiger partial charge in [0, 0.05) is 49.8 Å². The Hall–Kier alpha value is -4.18. The van der Waals surface area contributed by atoms with Gasteiger partial charge in [-0.3, -0.25) is 10.1 Å². The topological polar surface area (TPSA) is 101 Å². The fourth-order valence-electron chi connectivity index (χ4n) is 3.75. The van der Waals surface area contributed by atoms with Gasteiger partial charge in [0.25, 0.3) is 5.69 Å². The molecule has 2 aromatic heterocycles. The SMILES string of the molecule is CN1CCN(c2ccc(Nc3nc4c(Oc5cccc([N+](=O)[O-])c5)cccn4n3)cc2)CC1. The zero-order chi connectivity index (χ0) is 22.8. The van der Waals surface area contributed by atoms with Gasteiger partial charge in [-0.2, -0.15) is 4.98 Å². The number of nitro benzene ring substituents is 1. The molecule has 1 aliphatic heterocycles. The van der Waals surface area contributed by atoms with E-state index in [1.807, 2.05) is 12.1 Å². The monoisotopic (exact) mass is 445 g/mol. The van der Waals surface area contributed by atoms with Gasteiger partial charge in [0.1, 0.15) is 5.75 Å². The molecule has 1 fully saturated rings. The number of pyridine rings is 1. The van der Waals surface area contributed by atoms with E-state index in [2.05, 4.69) is 44.4 Å². The van der Waals surface area contributed by atoms with Gasteiger partial charge in [-0.25, -0.2) is 4.52 Å². The molecule has 0 amide bonds. The molecule has 10 heteroatoms. The largest absolute Gasteiger partial charge is 0.453 e. The lowest BCUT2D eigenvalue weighted by molar-refractivity contribution is -0.384. The summed E-state index contributed by atoms with van der Waals surface area (Å²) >= 11 is 0. The van der Waals surface area contributed by atoms with Crippen molar-refractivity contribution in [3.63, 3.8) is 0 Å². The minimum atomic E-state index is -0.457. The van der Waals surface area contributed by atoms with Crippen LogP contribution in [0.2, 0.25) is 0 Å². The van der Waals surface area contributed by atoms with Gasteiger partial charge in [-0.15, -0.1) is 5.10 Å². The first kappa shape index (κ1) is 20.7. The maximum atomic E-state index is 11.0. The van der Waals surface area contributed by atoms with Crippen molar-refractivity contribution in [3.8, 4) is 11.5 Å². The van der Waals surface area contributed by atoms with Crippen molar-refractivity contribution in [2.75, 3.05) is 43.4 Å². The summed E-state index contributed by atoms with van der Waals surface area (Å²) in [5.41, 5.74) is 2.54. The van der Waals surface area contributed by atoms with Crippen molar-refractivity contribution >= 4 is 28.7 Å². The van der Waals surface area contributed by atoms with E-state index in [4.69, 9.17) is 4.74 Å². The Morgan fingerprint density at radius 1 is 1.03 bits per heavy atom. The molecule has 1 N–H and O–H groups in total. The van der Waals surface area contributed by atoms with Gasteiger partial charge < -0.3 is 19.9 Å². The summed E-state index contributed by atoms with van der Waals surface area (Å²) in [6, 6.07) is 17.8. The number of hydrogen-bond acceptors (Lipinski definition) is 8. The number of aromatic nitrogens is 3. The molecule has 2 aromatic carbocycles. The van der Waals surface area contributed by atoms with Crippen LogP contribution in [0.3, 0.4) is 0 Å². The number of fused-ring (bicyclic) bond motifs is 1. The molecule has 1 aliphatic rings. The minimum Gasteiger partial charge on any atom is -0.453 e. The summed E-state index contributed by atoms with van der Waals surface area (Å²) in [4.78, 5) is 19.8. The van der Waals surface area contributed by atoms with Gasteiger partial charge >= 0.3 is 0 Å². The van der Waals surface area contributed by atoms with Crippen molar-refractivity contribution < 1.29 is 9.66 Å². The second-order valence-corrected chi connectivity index (χ2v) is 7.89. The van der Waals surface area contributed by atoms with Crippen molar-refractivity contribution in [2.45, 2.75) is 0 Å². The Bertz CT molecular complexity index is 1280. The number of rotatable bonds is 6. The first-order valence-electron chi connectivity index (χ1n) is 10.6. The number of likely N-dealkylation sites (N-methyl/N-ethyl adjacent to an activating group) is 1. The standard InChI is InChI=1S/C23H23N7O3/c1-27-12-14-28(15-13-27)18-9-7-17(8-10-18)24-23-25-22-21(6-3-11-29(22)26-23)33-20-5-2-4-19(16-20)30(31)32/h2-11,16H,12-15H2,1H3,(H,24,26). The van der Waals surface area contributed by atoms with Crippen LogP contribution >= 0.6 is 0 Å². The maximum Gasteiger partial charge on any atom is 0.273 e. The number of nitro groups is 1. The van der Waals surface area contributed by atoms with E-state index in [9.17, 15) is 10.1 Å². The molecule has 0 spiro atoms. The fourth-order valence-corrected chi connectivity index (χ4v) is 3.75. The van der Waals surface area contributed by atoms with Crippen molar-refractivity contribution in [3.05, 3.63) is 77.0 Å². The van der Waals surface area contributed by atoms with Gasteiger partial charge in [0.05, 0.1) is 11.0 Å². The zero-order valence-electron chi connectivity index (χ0n) is 18.1. The average molecular weight is 445 g/mol. The lowest BCUT2D eigenvalue weighted by Gasteiger charge is -2.34. The summed E-state index contributed by atoms with van der Waals surface area (Å²) in [5, 5.41) is 18.7. The summed E-state index contributed by atoms with van der Waals surface area (Å²) < 4.78 is 7.48. The Morgan fingerprint density at radius 3 is 2.58 bits per heavy atom. The summed E-state index contributed by atoms with van der Waals surface area (Å²) in [5.74, 6) is 1.23. The van der Waals surface area contributed by atoms with E-state index < -0.39 is 4.92 Å². The van der Waals surface area contributed by atoms with Crippen LogP contribution in [0.15, 0.2) is 66.9 Å². The molecule has 168 valence electrons. The second-order valence-electron chi connectivity index (χ2n) is 7.89. The van der Waals surface area contributed by atoms with Gasteiger partial charge in [0.2, 0.25) is 5.95 Å². The highest BCUT2D eigenvalue weighted by Crippen LogP contribution is 2.29. The minimum absolute atomic E-state index is 0.0386. The Kier molecular flexibility index (Phi) is 5.49. The normalized spacial score (nSPS) is 14.4. The van der Waals surface area contributed by atoms with Crippen LogP contribution in [-0.2, 0) is 0 Å². The molecule has 10 nitrogen and oxygen atoms in total. The van der Waals surface area contributed by atoms with Crippen molar-refractivity contribution in [2.24, 2.45) is 0 Å². The lowest BCUT2D eigenvalue weighted by Crippen LogP contribution is -2.44. The van der Waals surface area contributed by atoms with Gasteiger partial charge in [-0.1, -0.05) is 6.07 Å². The molecule has 33 heavy (non-hydrogen) atoms. The zero-order valence-corrected chi connectivity index (χ0v) is 18.1. The summed E-state index contributed by atoms with van der Waals surface area (Å²) in [6.45, 7) is 4.16. The Morgan fingerprint density at radius 2 is 1.82 bits per heavy atom. The maximum absolute atomic E-state index is 11.0. The Balaban J connectivity index is 1.33. The lowest BCUT2D eigenvalue weighted by atomic mass is 10.2. The molecule has 0 saturated carbocycles. The van der Waals surface area contributed by atoms with Crippen LogP contribution < -0.4 is 15.0 Å². The molecule has 4 aromatic rings.